The fourth-order valence-corrected chi connectivity index (χ4v) is 3.82. The van der Waals surface area contributed by atoms with Crippen molar-refractivity contribution in [1.82, 2.24) is 0 Å². The van der Waals surface area contributed by atoms with Crippen LogP contribution in [0.15, 0.2) is 36.4 Å². The molecule has 0 saturated carbocycles. The maximum absolute atomic E-state index is 10.8. The molecule has 0 spiro atoms. The molecule has 7 heteroatoms. The molecule has 6 nitrogen and oxygen atoms in total. The predicted octanol–water partition coefficient (Wildman–Crippen LogP) is 0.933. The molecule has 0 fully saturated rings. The number of halogens is 1. The first-order valence-corrected chi connectivity index (χ1v) is 10.2. The topological polar surface area (TPSA) is 71.5 Å². The summed E-state index contributed by atoms with van der Waals surface area (Å²) in [5.74, 6) is -0.747. The maximum Gasteiger partial charge on any atom is 0.303 e. The molecule has 0 atom stereocenters. The summed E-state index contributed by atoms with van der Waals surface area (Å²) in [4.78, 5) is 14.9. The van der Waals surface area contributed by atoms with Crippen LogP contribution in [-0.2, 0) is 11.3 Å². The predicted molar refractivity (Wildman–Crippen MR) is 121 cm³/mol. The van der Waals surface area contributed by atoms with Gasteiger partial charge in [-0.05, 0) is 37.1 Å². The number of fused-ring (bicyclic) bond motifs is 2. The summed E-state index contributed by atoms with van der Waals surface area (Å²) in [6.07, 6.45) is 2.61. The first-order chi connectivity index (χ1) is 14.3. The minimum Gasteiger partial charge on any atom is -1.00 e. The molecule has 0 amide bonds. The lowest BCUT2D eigenvalue weighted by Gasteiger charge is -2.16. The number of aryl methyl sites for hydroxylation is 1. The zero-order valence-electron chi connectivity index (χ0n) is 18.5. The largest absolute Gasteiger partial charge is 1.00 e. The lowest BCUT2D eigenvalue weighted by Crippen LogP contribution is -3.00. The highest BCUT2D eigenvalue weighted by Crippen LogP contribution is 2.29. The summed E-state index contributed by atoms with van der Waals surface area (Å²) in [5.41, 5.74) is 4.90. The standard InChI is InChI=1S/C24H28N4O2.ClH/c1-26(2)17-9-11-19-21(16-25)20-12-10-18(27(3)4)15-23(20)28(22(19)14-17)13-7-5-6-8-24(29)30;/h9-12,14-15H,5-8,13H2,1-4H3;1H. The van der Waals surface area contributed by atoms with Gasteiger partial charge in [0.1, 0.15) is 12.6 Å². The van der Waals surface area contributed by atoms with Gasteiger partial charge in [-0.1, -0.05) is 0 Å². The summed E-state index contributed by atoms with van der Waals surface area (Å²) in [7, 11) is 8.03. The first kappa shape index (κ1) is 24.2. The Kier molecular flexibility index (Phi) is 8.07. The SMILES string of the molecule is CN(C)c1ccc2c(C#N)c3ccc(N(C)C)cc3[n+](CCCCCC(=O)O)c2c1.[Cl-]. The smallest absolute Gasteiger partial charge is 0.303 e. The molecule has 0 aliphatic heterocycles. The first-order valence-electron chi connectivity index (χ1n) is 10.2. The van der Waals surface area contributed by atoms with Crippen LogP contribution in [0.3, 0.4) is 0 Å². The maximum atomic E-state index is 10.8. The quantitative estimate of drug-likeness (QED) is 0.320. The molecule has 3 aromatic rings. The molecule has 0 radical (unpaired) electrons. The highest BCUT2D eigenvalue weighted by molar-refractivity contribution is 5.98. The number of hydrogen-bond acceptors (Lipinski definition) is 4. The van der Waals surface area contributed by atoms with Crippen molar-refractivity contribution in [3.63, 3.8) is 0 Å². The minimum absolute atomic E-state index is 0. The molecule has 3 rings (SSSR count). The summed E-state index contributed by atoms with van der Waals surface area (Å²) in [6.45, 7) is 0.770. The van der Waals surface area contributed by atoms with Crippen LogP contribution in [0.1, 0.15) is 31.2 Å². The van der Waals surface area contributed by atoms with Gasteiger partial charge >= 0.3 is 5.97 Å². The van der Waals surface area contributed by atoms with Crippen molar-refractivity contribution in [2.24, 2.45) is 0 Å². The number of unbranched alkanes of at least 4 members (excludes halogenated alkanes) is 2. The second-order valence-electron chi connectivity index (χ2n) is 8.03. The monoisotopic (exact) mass is 440 g/mol. The Hall–Kier alpha value is -3.04. The fourth-order valence-electron chi connectivity index (χ4n) is 3.82. The van der Waals surface area contributed by atoms with Gasteiger partial charge in [0.15, 0.2) is 0 Å². The molecule has 1 N–H and O–H groups in total. The molecule has 0 aliphatic carbocycles. The van der Waals surface area contributed by atoms with Crippen molar-refractivity contribution in [1.29, 1.82) is 5.26 Å². The van der Waals surface area contributed by atoms with Crippen molar-refractivity contribution < 1.29 is 26.9 Å². The zero-order chi connectivity index (χ0) is 21.8. The van der Waals surface area contributed by atoms with Gasteiger partial charge in [0.2, 0.25) is 11.0 Å². The highest BCUT2D eigenvalue weighted by atomic mass is 35.5. The number of aliphatic carboxylic acids is 1. The lowest BCUT2D eigenvalue weighted by atomic mass is 10.0. The zero-order valence-corrected chi connectivity index (χ0v) is 19.3. The molecule has 1 aromatic heterocycles. The molecule has 0 aliphatic rings. The van der Waals surface area contributed by atoms with Crippen molar-refractivity contribution in [3.8, 4) is 6.07 Å². The number of nitriles is 1. The van der Waals surface area contributed by atoms with Crippen LogP contribution in [0, 0.1) is 11.3 Å². The van der Waals surface area contributed by atoms with E-state index < -0.39 is 5.97 Å². The van der Waals surface area contributed by atoms with Crippen LogP contribution in [-0.4, -0.2) is 39.3 Å². The fraction of sp³-hybridized carbons (Fsp3) is 0.375. The van der Waals surface area contributed by atoms with Crippen LogP contribution < -0.4 is 26.8 Å². The van der Waals surface area contributed by atoms with Crippen molar-refractivity contribution in [2.45, 2.75) is 32.2 Å². The molecule has 164 valence electrons. The van der Waals surface area contributed by atoms with E-state index in [1.165, 1.54) is 0 Å². The number of nitrogens with zero attached hydrogens (tertiary/aromatic N) is 4. The number of anilines is 2. The van der Waals surface area contributed by atoms with E-state index in [9.17, 15) is 10.1 Å². The Balaban J connectivity index is 0.00000341. The van der Waals surface area contributed by atoms with E-state index in [0.717, 1.165) is 52.6 Å². The van der Waals surface area contributed by atoms with Crippen LogP contribution in [0.4, 0.5) is 11.4 Å². The molecular weight excluding hydrogens is 412 g/mol. The van der Waals surface area contributed by atoms with Crippen molar-refractivity contribution in [3.05, 3.63) is 42.0 Å². The van der Waals surface area contributed by atoms with Gasteiger partial charge < -0.3 is 27.3 Å². The summed E-state index contributed by atoms with van der Waals surface area (Å²) in [6, 6.07) is 14.8. The molecule has 0 saturated heterocycles. The number of carboxylic acid groups (broad SMARTS) is 1. The average Bonchev–Trinajstić information content (AvgIpc) is 2.71. The average molecular weight is 441 g/mol. The number of hydrogen-bond donors (Lipinski definition) is 1. The minimum atomic E-state index is -0.747. The number of carboxylic acids is 1. The van der Waals surface area contributed by atoms with Gasteiger partial charge in [-0.25, -0.2) is 0 Å². The van der Waals surface area contributed by atoms with Gasteiger partial charge in [0.25, 0.3) is 0 Å². The lowest BCUT2D eigenvalue weighted by molar-refractivity contribution is -0.645. The normalized spacial score (nSPS) is 10.5. The Bertz CT molecular complexity index is 1070. The third-order valence-corrected chi connectivity index (χ3v) is 5.50. The molecule has 31 heavy (non-hydrogen) atoms. The van der Waals surface area contributed by atoms with Gasteiger partial charge in [-0.15, -0.1) is 0 Å². The van der Waals surface area contributed by atoms with Gasteiger partial charge in [0.05, 0.1) is 16.3 Å². The van der Waals surface area contributed by atoms with Crippen molar-refractivity contribution in [2.75, 3.05) is 38.0 Å². The second kappa shape index (κ2) is 10.3. The van der Waals surface area contributed by atoms with Crippen LogP contribution in [0.2, 0.25) is 0 Å². The van der Waals surface area contributed by atoms with Gasteiger partial charge in [0, 0.05) is 64.5 Å². The number of benzene rings is 2. The number of pyridine rings is 1. The Morgan fingerprint density at radius 1 is 0.935 bits per heavy atom. The third-order valence-electron chi connectivity index (χ3n) is 5.50. The van der Waals surface area contributed by atoms with E-state index in [2.05, 4.69) is 32.6 Å². The Morgan fingerprint density at radius 2 is 1.45 bits per heavy atom. The molecular formula is C24H29ClN4O2. The van der Waals surface area contributed by atoms with Crippen LogP contribution in [0.5, 0.6) is 0 Å². The molecule has 0 bridgehead atoms. The number of rotatable bonds is 8. The molecule has 0 unspecified atom stereocenters. The van der Waals surface area contributed by atoms with E-state index in [4.69, 9.17) is 5.11 Å². The summed E-state index contributed by atoms with van der Waals surface area (Å²) in [5, 5.41) is 20.7. The van der Waals surface area contributed by atoms with E-state index in [0.29, 0.717) is 12.0 Å². The Morgan fingerprint density at radius 3 is 1.87 bits per heavy atom. The van der Waals surface area contributed by atoms with Gasteiger partial charge in [-0.3, -0.25) is 4.79 Å². The summed E-state index contributed by atoms with van der Waals surface area (Å²) < 4.78 is 2.28. The summed E-state index contributed by atoms with van der Waals surface area (Å²) >= 11 is 0. The van der Waals surface area contributed by atoms with E-state index in [1.807, 2.05) is 52.5 Å². The molecule has 2 aromatic carbocycles. The van der Waals surface area contributed by atoms with Crippen LogP contribution >= 0.6 is 0 Å². The number of carbonyl (C=O) groups is 1. The van der Waals surface area contributed by atoms with E-state index in [-0.39, 0.29) is 18.8 Å². The van der Waals surface area contributed by atoms with Gasteiger partial charge in [-0.2, -0.15) is 9.83 Å². The Labute approximate surface area is 189 Å². The van der Waals surface area contributed by atoms with E-state index >= 15 is 0 Å². The molecule has 1 heterocycles. The second-order valence-corrected chi connectivity index (χ2v) is 8.03. The third kappa shape index (κ3) is 5.18. The van der Waals surface area contributed by atoms with E-state index in [1.54, 1.807) is 0 Å². The van der Waals surface area contributed by atoms with Crippen molar-refractivity contribution >= 4 is 39.1 Å². The van der Waals surface area contributed by atoms with Crippen LogP contribution in [0.25, 0.3) is 21.8 Å². The number of aromatic nitrogens is 1. The highest BCUT2D eigenvalue weighted by Gasteiger charge is 2.22.